The van der Waals surface area contributed by atoms with Crippen LogP contribution in [0.2, 0.25) is 0 Å². The summed E-state index contributed by atoms with van der Waals surface area (Å²) in [7, 11) is 0. The van der Waals surface area contributed by atoms with Crippen LogP contribution in [0, 0.1) is 0 Å². The van der Waals surface area contributed by atoms with Crippen molar-refractivity contribution in [1.82, 2.24) is 0 Å². The topological polar surface area (TPSA) is 46.2 Å². The molecule has 1 spiro atoms. The van der Waals surface area contributed by atoms with Gasteiger partial charge in [-0.25, -0.2) is 0 Å². The molecule has 4 aliphatic rings. The number of rotatable bonds is 1. The Hall–Kier alpha value is 0.150. The maximum atomic E-state index is 6.21. The maximum Gasteiger partial charge on any atom is 0.164 e. The summed E-state index contributed by atoms with van der Waals surface area (Å²) in [4.78, 5) is -0.209. The fourth-order valence-electron chi connectivity index (χ4n) is 3.20. The van der Waals surface area contributed by atoms with Crippen molar-refractivity contribution in [3.8, 4) is 0 Å². The minimum absolute atomic E-state index is 0.00446. The van der Waals surface area contributed by atoms with Crippen LogP contribution in [0.3, 0.4) is 0 Å². The summed E-state index contributed by atoms with van der Waals surface area (Å²) >= 11 is 1.79. The molecule has 4 heterocycles. The largest absolute Gasteiger partial charge is 0.352 e. The summed E-state index contributed by atoms with van der Waals surface area (Å²) in [6, 6.07) is 0. The summed E-state index contributed by atoms with van der Waals surface area (Å²) in [5, 5.41) is 0. The lowest BCUT2D eigenvalue weighted by molar-refractivity contribution is -0.205. The SMILES string of the molecule is CC1(C)OC[C@H]([C@H]2O[C@@]3(CS3)[C@H]3OC(C)(C)O[C@@H]23)O1. The molecule has 0 aromatic rings. The molecular weight excluding hydrogens is 268 g/mol. The molecule has 0 N–H and O–H groups in total. The average molecular weight is 288 g/mol. The second-order valence-corrected chi connectivity index (χ2v) is 7.84. The van der Waals surface area contributed by atoms with Crippen molar-refractivity contribution in [2.24, 2.45) is 0 Å². The van der Waals surface area contributed by atoms with Crippen LogP contribution >= 0.6 is 11.8 Å². The van der Waals surface area contributed by atoms with Gasteiger partial charge in [0.1, 0.15) is 24.4 Å². The normalized spacial score (nSPS) is 53.7. The third-order valence-electron chi connectivity index (χ3n) is 4.05. The number of hydrogen-bond acceptors (Lipinski definition) is 6. The first kappa shape index (κ1) is 12.9. The van der Waals surface area contributed by atoms with Gasteiger partial charge in [0.25, 0.3) is 0 Å². The van der Waals surface area contributed by atoms with Gasteiger partial charge in [0.05, 0.1) is 6.61 Å². The molecule has 0 bridgehead atoms. The molecule has 4 aliphatic heterocycles. The van der Waals surface area contributed by atoms with Crippen molar-refractivity contribution in [3.05, 3.63) is 0 Å². The van der Waals surface area contributed by atoms with Gasteiger partial charge in [-0.05, 0) is 27.7 Å². The lowest BCUT2D eigenvalue weighted by Crippen LogP contribution is -2.40. The van der Waals surface area contributed by atoms with Crippen molar-refractivity contribution >= 4 is 11.8 Å². The second kappa shape index (κ2) is 3.67. The van der Waals surface area contributed by atoms with Gasteiger partial charge in [0, 0.05) is 5.75 Å². The predicted molar refractivity (Wildman–Crippen MR) is 68.8 cm³/mol. The monoisotopic (exact) mass is 288 g/mol. The molecule has 0 saturated carbocycles. The second-order valence-electron chi connectivity index (χ2n) is 6.57. The van der Waals surface area contributed by atoms with E-state index in [2.05, 4.69) is 0 Å². The summed E-state index contributed by atoms with van der Waals surface area (Å²) in [5.74, 6) is -0.103. The minimum Gasteiger partial charge on any atom is -0.352 e. The Morgan fingerprint density at radius 1 is 0.895 bits per heavy atom. The summed E-state index contributed by atoms with van der Waals surface area (Å²) in [6.07, 6.45) is -0.249. The van der Waals surface area contributed by atoms with Crippen LogP contribution in [-0.4, -0.2) is 53.3 Å². The number of fused-ring (bicyclic) bond motifs is 2. The van der Waals surface area contributed by atoms with Crippen LogP contribution in [0.15, 0.2) is 0 Å². The van der Waals surface area contributed by atoms with Gasteiger partial charge >= 0.3 is 0 Å². The fraction of sp³-hybridized carbons (Fsp3) is 1.00. The van der Waals surface area contributed by atoms with Crippen molar-refractivity contribution in [2.75, 3.05) is 12.4 Å². The molecule has 0 radical (unpaired) electrons. The van der Waals surface area contributed by atoms with Gasteiger partial charge in [-0.2, -0.15) is 0 Å². The molecule has 4 fully saturated rings. The molecule has 5 atom stereocenters. The zero-order chi connectivity index (χ0) is 13.5. The molecule has 4 saturated heterocycles. The molecule has 108 valence electrons. The van der Waals surface area contributed by atoms with Crippen LogP contribution in [0.4, 0.5) is 0 Å². The van der Waals surface area contributed by atoms with Gasteiger partial charge < -0.3 is 23.7 Å². The highest BCUT2D eigenvalue weighted by molar-refractivity contribution is 8.07. The Kier molecular flexibility index (Phi) is 2.48. The average Bonchev–Trinajstić information content (AvgIpc) is 2.77. The zero-order valence-corrected chi connectivity index (χ0v) is 12.5. The molecule has 0 unspecified atom stereocenters. The molecule has 5 nitrogen and oxygen atoms in total. The first-order valence-corrected chi connectivity index (χ1v) is 7.78. The van der Waals surface area contributed by atoms with Crippen molar-refractivity contribution < 1.29 is 23.7 Å². The Morgan fingerprint density at radius 3 is 2.21 bits per heavy atom. The number of hydrogen-bond donors (Lipinski definition) is 0. The lowest BCUT2D eigenvalue weighted by atomic mass is 10.0. The Balaban J connectivity index is 1.57. The van der Waals surface area contributed by atoms with E-state index < -0.39 is 11.6 Å². The highest BCUT2D eigenvalue weighted by Crippen LogP contribution is 2.60. The Bertz CT molecular complexity index is 406. The van der Waals surface area contributed by atoms with Crippen molar-refractivity contribution in [1.29, 1.82) is 0 Å². The first-order valence-electron chi connectivity index (χ1n) is 6.80. The lowest BCUT2D eigenvalue weighted by Gasteiger charge is -2.26. The van der Waals surface area contributed by atoms with E-state index in [0.29, 0.717) is 6.61 Å². The van der Waals surface area contributed by atoms with Crippen molar-refractivity contribution in [3.63, 3.8) is 0 Å². The van der Waals surface area contributed by atoms with E-state index in [-0.39, 0.29) is 29.3 Å². The van der Waals surface area contributed by atoms with Crippen LogP contribution in [0.25, 0.3) is 0 Å². The highest BCUT2D eigenvalue weighted by Gasteiger charge is 2.70. The van der Waals surface area contributed by atoms with E-state index in [4.69, 9.17) is 23.7 Å². The van der Waals surface area contributed by atoms with Gasteiger partial charge in [-0.3, -0.25) is 0 Å². The van der Waals surface area contributed by atoms with Crippen LogP contribution in [0.5, 0.6) is 0 Å². The van der Waals surface area contributed by atoms with E-state index in [1.165, 1.54) is 0 Å². The van der Waals surface area contributed by atoms with Gasteiger partial charge in [0.2, 0.25) is 0 Å². The molecule has 0 aromatic heterocycles. The minimum atomic E-state index is -0.539. The van der Waals surface area contributed by atoms with Crippen LogP contribution < -0.4 is 0 Å². The van der Waals surface area contributed by atoms with Gasteiger partial charge in [-0.15, -0.1) is 11.8 Å². The quantitative estimate of drug-likeness (QED) is 0.681. The molecule has 19 heavy (non-hydrogen) atoms. The number of thioether (sulfide) groups is 1. The van der Waals surface area contributed by atoms with Crippen LogP contribution in [0.1, 0.15) is 27.7 Å². The Morgan fingerprint density at radius 2 is 1.63 bits per heavy atom. The third kappa shape index (κ3) is 1.96. The first-order chi connectivity index (χ1) is 8.80. The standard InChI is InChI=1S/C13H20O5S/c1-11(2)14-5-7(15-11)8-9-10(13(17-8)6-19-13)18-12(3,4)16-9/h7-10H,5-6H2,1-4H3/t7-,8-,9+,10+,13-/m1/s1. The summed E-state index contributed by atoms with van der Waals surface area (Å²) in [5.41, 5.74) is 0. The zero-order valence-electron chi connectivity index (χ0n) is 11.7. The van der Waals surface area contributed by atoms with Gasteiger partial charge in [-0.1, -0.05) is 0 Å². The molecule has 0 aliphatic carbocycles. The molecule has 4 rings (SSSR count). The summed E-state index contributed by atoms with van der Waals surface area (Å²) in [6.45, 7) is 8.32. The van der Waals surface area contributed by atoms with E-state index in [0.717, 1.165) is 5.75 Å². The van der Waals surface area contributed by atoms with E-state index >= 15 is 0 Å². The predicted octanol–water partition coefficient (Wildman–Crippen LogP) is 1.50. The highest BCUT2D eigenvalue weighted by atomic mass is 32.2. The van der Waals surface area contributed by atoms with Crippen LogP contribution in [-0.2, 0) is 23.7 Å². The van der Waals surface area contributed by atoms with E-state index in [1.54, 1.807) is 11.8 Å². The molecule has 0 amide bonds. The molecular formula is C13H20O5S. The van der Waals surface area contributed by atoms with E-state index in [9.17, 15) is 0 Å². The number of ether oxygens (including phenoxy) is 5. The molecule has 6 heteroatoms. The van der Waals surface area contributed by atoms with Gasteiger partial charge in [0.15, 0.2) is 16.5 Å². The maximum absolute atomic E-state index is 6.21. The Labute approximate surface area is 117 Å². The fourth-order valence-corrected chi connectivity index (χ4v) is 4.10. The third-order valence-corrected chi connectivity index (χ3v) is 5.23. The molecule has 0 aromatic carbocycles. The summed E-state index contributed by atoms with van der Waals surface area (Å²) < 4.78 is 29.9. The van der Waals surface area contributed by atoms with E-state index in [1.807, 2.05) is 27.7 Å². The smallest absolute Gasteiger partial charge is 0.164 e. The van der Waals surface area contributed by atoms with Crippen molar-refractivity contribution in [2.45, 2.75) is 68.6 Å².